The topological polar surface area (TPSA) is 3.24 Å². The molecule has 1 nitrogen and oxygen atoms in total. The zero-order chi connectivity index (χ0) is 46.4. The van der Waals surface area contributed by atoms with Crippen LogP contribution in [-0.4, -0.2) is 0 Å². The maximum Gasteiger partial charge on any atom is 0.0555 e. The van der Waals surface area contributed by atoms with Gasteiger partial charge in [-0.2, -0.15) is 0 Å². The second kappa shape index (κ2) is 17.7. The Morgan fingerprint density at radius 2 is 0.757 bits per heavy atom. The second-order valence-corrected chi connectivity index (χ2v) is 19.0. The molecule has 0 amide bonds. The lowest BCUT2D eigenvalue weighted by molar-refractivity contribution is 1.30. The summed E-state index contributed by atoms with van der Waals surface area (Å²) < 4.78 is 2.56. The first-order chi connectivity index (χ1) is 34.7. The van der Waals surface area contributed by atoms with Gasteiger partial charge in [-0.05, 0) is 137 Å². The summed E-state index contributed by atoms with van der Waals surface area (Å²) in [4.78, 5) is 2.46. The van der Waals surface area contributed by atoms with Gasteiger partial charge in [-0.15, -0.1) is 11.3 Å². The monoisotopic (exact) mass is 907 g/mol. The first-order valence-electron chi connectivity index (χ1n) is 24.0. The zero-order valence-electron chi connectivity index (χ0n) is 38.3. The van der Waals surface area contributed by atoms with Crippen molar-refractivity contribution >= 4 is 70.1 Å². The van der Waals surface area contributed by atoms with Crippen LogP contribution in [-0.2, 0) is 0 Å². The van der Waals surface area contributed by atoms with Gasteiger partial charge in [0.1, 0.15) is 0 Å². The van der Waals surface area contributed by atoms with Gasteiger partial charge in [-0.3, -0.25) is 0 Å². The van der Waals surface area contributed by atoms with Crippen LogP contribution < -0.4 is 4.90 Å². The molecule has 0 saturated heterocycles. The summed E-state index contributed by atoms with van der Waals surface area (Å²) in [5, 5.41) is 7.52. The lowest BCUT2D eigenvalue weighted by Gasteiger charge is -2.27. The van der Waals surface area contributed by atoms with Gasteiger partial charge in [0.25, 0.3) is 0 Å². The highest BCUT2D eigenvalue weighted by molar-refractivity contribution is 7.26. The quantitative estimate of drug-likeness (QED) is 0.139. The van der Waals surface area contributed by atoms with Gasteiger partial charge in [-0.1, -0.05) is 224 Å². The molecule has 70 heavy (non-hydrogen) atoms. The Morgan fingerprint density at radius 3 is 1.51 bits per heavy atom. The predicted molar refractivity (Wildman–Crippen MR) is 302 cm³/mol. The summed E-state index contributed by atoms with van der Waals surface area (Å²) in [6, 6.07) is 99.9. The van der Waals surface area contributed by atoms with Crippen molar-refractivity contribution in [2.24, 2.45) is 0 Å². The molecule has 0 aliphatic heterocycles. The number of fused-ring (bicyclic) bond motifs is 5. The normalized spacial score (nSPS) is 11.4. The highest BCUT2D eigenvalue weighted by Crippen LogP contribution is 2.49. The van der Waals surface area contributed by atoms with Crippen molar-refractivity contribution in [3.05, 3.63) is 273 Å². The summed E-state index contributed by atoms with van der Waals surface area (Å²) in [5.41, 5.74) is 17.8. The van der Waals surface area contributed by atoms with Gasteiger partial charge in [0.05, 0.1) is 5.69 Å². The highest BCUT2D eigenvalue weighted by atomic mass is 32.1. The van der Waals surface area contributed by atoms with E-state index in [0.717, 1.165) is 17.1 Å². The fourth-order valence-corrected chi connectivity index (χ4v) is 11.8. The van der Waals surface area contributed by atoms with Crippen LogP contribution in [0.3, 0.4) is 0 Å². The van der Waals surface area contributed by atoms with Crippen LogP contribution in [0.15, 0.2) is 273 Å². The van der Waals surface area contributed by atoms with E-state index in [-0.39, 0.29) is 0 Å². The van der Waals surface area contributed by atoms with E-state index >= 15 is 0 Å². The van der Waals surface area contributed by atoms with E-state index in [4.69, 9.17) is 0 Å². The molecule has 0 atom stereocenters. The molecular weight excluding hydrogens is 863 g/mol. The molecule has 2 heteroatoms. The maximum absolute atomic E-state index is 2.46. The summed E-state index contributed by atoms with van der Waals surface area (Å²) in [5.74, 6) is 0. The van der Waals surface area contributed by atoms with Crippen molar-refractivity contribution in [2.45, 2.75) is 0 Å². The minimum absolute atomic E-state index is 1.09. The number of nitrogens with zero attached hydrogens (tertiary/aromatic N) is 1. The maximum atomic E-state index is 2.46. The van der Waals surface area contributed by atoms with Gasteiger partial charge in [0.2, 0.25) is 0 Å². The molecule has 0 aliphatic rings. The summed E-state index contributed by atoms with van der Waals surface area (Å²) in [6.07, 6.45) is 0. The molecule has 0 radical (unpaired) electrons. The molecular formula is C68H45NS. The van der Waals surface area contributed by atoms with Crippen LogP contribution in [0, 0.1) is 0 Å². The van der Waals surface area contributed by atoms with E-state index in [1.54, 1.807) is 0 Å². The molecule has 12 aromatic carbocycles. The highest BCUT2D eigenvalue weighted by Gasteiger charge is 2.22. The SMILES string of the molecule is c1ccc(-c2ccc(N(c3ccc(-c4cccc(-c5cccc6ccccc56)c4)cc3)c3ccc(-c4ccccc4-c4ccccc4-c4ccc5ccccc5c4)cc3)c3c2sc2ccccc23)cc1. The average Bonchev–Trinajstić information content (AvgIpc) is 3.84. The molecule has 0 bridgehead atoms. The largest absolute Gasteiger partial charge is 0.310 e. The van der Waals surface area contributed by atoms with E-state index in [9.17, 15) is 0 Å². The van der Waals surface area contributed by atoms with Crippen LogP contribution in [0.1, 0.15) is 0 Å². The molecule has 13 aromatic rings. The number of hydrogen-bond donors (Lipinski definition) is 0. The Morgan fingerprint density at radius 1 is 0.257 bits per heavy atom. The molecule has 0 saturated carbocycles. The van der Waals surface area contributed by atoms with E-state index in [1.807, 2.05) is 11.3 Å². The molecule has 328 valence electrons. The molecule has 13 rings (SSSR count). The molecule has 0 N–H and O–H groups in total. The Kier molecular flexibility index (Phi) is 10.5. The van der Waals surface area contributed by atoms with Gasteiger partial charge in [0.15, 0.2) is 0 Å². The van der Waals surface area contributed by atoms with Crippen molar-refractivity contribution in [3.63, 3.8) is 0 Å². The van der Waals surface area contributed by atoms with Crippen molar-refractivity contribution in [1.29, 1.82) is 0 Å². The fourth-order valence-electron chi connectivity index (χ4n) is 10.5. The Labute approximate surface area is 412 Å². The first kappa shape index (κ1) is 41.4. The van der Waals surface area contributed by atoms with Crippen LogP contribution in [0.5, 0.6) is 0 Å². The summed E-state index contributed by atoms with van der Waals surface area (Å²) >= 11 is 1.88. The van der Waals surface area contributed by atoms with E-state index in [1.165, 1.54) is 108 Å². The Balaban J connectivity index is 0.935. The Bertz CT molecular complexity index is 4050. The van der Waals surface area contributed by atoms with Crippen LogP contribution in [0.4, 0.5) is 17.1 Å². The van der Waals surface area contributed by atoms with Crippen molar-refractivity contribution in [3.8, 4) is 66.8 Å². The fraction of sp³-hybridized carbons (Fsp3) is 0. The predicted octanol–water partition coefficient (Wildman–Crippen LogP) is 19.8. The minimum atomic E-state index is 1.09. The average molecular weight is 908 g/mol. The van der Waals surface area contributed by atoms with Gasteiger partial charge in [0, 0.05) is 31.5 Å². The van der Waals surface area contributed by atoms with E-state index in [2.05, 4.69) is 278 Å². The zero-order valence-corrected chi connectivity index (χ0v) is 39.2. The third-order valence-electron chi connectivity index (χ3n) is 13.9. The Hall–Kier alpha value is -8.82. The molecule has 0 fully saturated rings. The lowest BCUT2D eigenvalue weighted by Crippen LogP contribution is -2.10. The van der Waals surface area contributed by atoms with Crippen LogP contribution in [0.25, 0.3) is 108 Å². The molecule has 0 spiro atoms. The van der Waals surface area contributed by atoms with Crippen molar-refractivity contribution in [1.82, 2.24) is 0 Å². The molecule has 1 aromatic heterocycles. The number of thiophene rings is 1. The van der Waals surface area contributed by atoms with Gasteiger partial charge in [-0.25, -0.2) is 0 Å². The number of hydrogen-bond acceptors (Lipinski definition) is 2. The van der Waals surface area contributed by atoms with E-state index in [0.29, 0.717) is 0 Å². The third kappa shape index (κ3) is 7.43. The number of anilines is 3. The van der Waals surface area contributed by atoms with Crippen LogP contribution >= 0.6 is 11.3 Å². The molecule has 0 aliphatic carbocycles. The number of benzene rings is 12. The van der Waals surface area contributed by atoms with E-state index < -0.39 is 0 Å². The third-order valence-corrected chi connectivity index (χ3v) is 15.1. The minimum Gasteiger partial charge on any atom is -0.310 e. The van der Waals surface area contributed by atoms with Gasteiger partial charge >= 0.3 is 0 Å². The van der Waals surface area contributed by atoms with Crippen molar-refractivity contribution < 1.29 is 0 Å². The summed E-state index contributed by atoms with van der Waals surface area (Å²) in [6.45, 7) is 0. The van der Waals surface area contributed by atoms with Gasteiger partial charge < -0.3 is 4.90 Å². The lowest BCUT2D eigenvalue weighted by atomic mass is 9.89. The second-order valence-electron chi connectivity index (χ2n) is 18.0. The summed E-state index contributed by atoms with van der Waals surface area (Å²) in [7, 11) is 0. The number of rotatable bonds is 9. The van der Waals surface area contributed by atoms with Crippen molar-refractivity contribution in [2.75, 3.05) is 4.90 Å². The smallest absolute Gasteiger partial charge is 0.0555 e. The first-order valence-corrected chi connectivity index (χ1v) is 24.8. The molecule has 0 unspecified atom stereocenters. The van der Waals surface area contributed by atoms with Crippen LogP contribution in [0.2, 0.25) is 0 Å². The standard InChI is InChI=1S/C68H45NS/c1-2-17-49(18-3-1)61-42-43-65(67-64-29-12-13-31-66(64)70-68(61)67)69(55-38-34-47(35-39-55)52-22-14-23-53(44-52)59-30-15-21-48-19-6-7-24-57(48)59)56-40-36-50(37-41-56)58-25-8-10-27-62(58)63-28-11-9-26-60(63)54-33-32-46-16-4-5-20-51(46)45-54/h1-45H. The molecule has 1 heterocycles.